The highest BCUT2D eigenvalue weighted by molar-refractivity contribution is 7.89. The zero-order chi connectivity index (χ0) is 18.4. The molecule has 0 aliphatic carbocycles. The van der Waals surface area contributed by atoms with Crippen LogP contribution >= 0.6 is 11.3 Å². The van der Waals surface area contributed by atoms with Crippen molar-refractivity contribution >= 4 is 27.3 Å². The van der Waals surface area contributed by atoms with Crippen molar-refractivity contribution in [1.82, 2.24) is 15.6 Å². The standard InChI is InChI=1S/C16H23N5O2S2/c1-11-12(2)24-15(21-11)10-20-16(18-3)19-9-8-13-4-6-14(7-5-13)25(17,22)23/h4-7H,8-10H2,1-3H3,(H2,17,22,23)(H2,18,19,20). The lowest BCUT2D eigenvalue weighted by Crippen LogP contribution is -2.37. The van der Waals surface area contributed by atoms with E-state index in [9.17, 15) is 8.42 Å². The predicted molar refractivity (Wildman–Crippen MR) is 101 cm³/mol. The molecule has 0 radical (unpaired) electrons. The summed E-state index contributed by atoms with van der Waals surface area (Å²) < 4.78 is 22.5. The van der Waals surface area contributed by atoms with Gasteiger partial charge in [0.2, 0.25) is 10.0 Å². The molecule has 9 heteroatoms. The van der Waals surface area contributed by atoms with Gasteiger partial charge in [0.05, 0.1) is 17.1 Å². The Balaban J connectivity index is 1.81. The third kappa shape index (κ3) is 5.80. The van der Waals surface area contributed by atoms with Crippen molar-refractivity contribution in [2.24, 2.45) is 10.1 Å². The summed E-state index contributed by atoms with van der Waals surface area (Å²) in [6.45, 7) is 5.36. The summed E-state index contributed by atoms with van der Waals surface area (Å²) in [5, 5.41) is 12.6. The molecule has 1 heterocycles. The largest absolute Gasteiger partial charge is 0.356 e. The molecule has 7 nitrogen and oxygen atoms in total. The molecule has 0 amide bonds. The van der Waals surface area contributed by atoms with Crippen LogP contribution in [0.5, 0.6) is 0 Å². The van der Waals surface area contributed by atoms with Crippen LogP contribution < -0.4 is 15.8 Å². The van der Waals surface area contributed by atoms with Crippen LogP contribution in [0.1, 0.15) is 21.1 Å². The van der Waals surface area contributed by atoms with Gasteiger partial charge in [-0.15, -0.1) is 11.3 Å². The van der Waals surface area contributed by atoms with Crippen molar-refractivity contribution in [3.63, 3.8) is 0 Å². The van der Waals surface area contributed by atoms with E-state index >= 15 is 0 Å². The first-order chi connectivity index (χ1) is 11.8. The van der Waals surface area contributed by atoms with Crippen molar-refractivity contribution in [3.05, 3.63) is 45.4 Å². The summed E-state index contributed by atoms with van der Waals surface area (Å²) in [5.41, 5.74) is 2.08. The van der Waals surface area contributed by atoms with E-state index in [1.165, 1.54) is 17.0 Å². The number of nitrogens with zero attached hydrogens (tertiary/aromatic N) is 2. The van der Waals surface area contributed by atoms with Crippen LogP contribution in [0.3, 0.4) is 0 Å². The van der Waals surface area contributed by atoms with E-state index in [1.807, 2.05) is 6.92 Å². The van der Waals surface area contributed by atoms with Crippen molar-refractivity contribution in [2.75, 3.05) is 13.6 Å². The van der Waals surface area contributed by atoms with Gasteiger partial charge in [-0.1, -0.05) is 12.1 Å². The van der Waals surface area contributed by atoms with Gasteiger partial charge in [0, 0.05) is 18.5 Å². The molecule has 25 heavy (non-hydrogen) atoms. The second kappa shape index (κ2) is 8.41. The number of benzene rings is 1. The Morgan fingerprint density at radius 3 is 2.44 bits per heavy atom. The molecule has 1 aromatic carbocycles. The molecular formula is C16H23N5O2S2. The Labute approximate surface area is 152 Å². The van der Waals surface area contributed by atoms with E-state index in [-0.39, 0.29) is 4.90 Å². The molecule has 0 bridgehead atoms. The number of nitrogens with two attached hydrogens (primary N) is 1. The van der Waals surface area contributed by atoms with Gasteiger partial charge in [0.1, 0.15) is 5.01 Å². The zero-order valence-electron chi connectivity index (χ0n) is 14.5. The molecule has 0 saturated heterocycles. The fourth-order valence-electron chi connectivity index (χ4n) is 2.17. The SMILES string of the molecule is CN=C(NCCc1ccc(S(N)(=O)=O)cc1)NCc1nc(C)c(C)s1. The molecule has 1 aromatic heterocycles. The normalized spacial score (nSPS) is 12.2. The molecule has 0 atom stereocenters. The maximum absolute atomic E-state index is 11.2. The molecule has 2 aromatic rings. The van der Waals surface area contributed by atoms with Gasteiger partial charge in [-0.3, -0.25) is 4.99 Å². The summed E-state index contributed by atoms with van der Waals surface area (Å²) in [7, 11) is -1.93. The average molecular weight is 382 g/mol. The number of hydrogen-bond acceptors (Lipinski definition) is 5. The molecule has 0 aliphatic rings. The van der Waals surface area contributed by atoms with Crippen molar-refractivity contribution in [3.8, 4) is 0 Å². The maximum Gasteiger partial charge on any atom is 0.238 e. The van der Waals surface area contributed by atoms with Gasteiger partial charge < -0.3 is 10.6 Å². The lowest BCUT2D eigenvalue weighted by Gasteiger charge is -2.11. The van der Waals surface area contributed by atoms with Crippen LogP contribution in [0, 0.1) is 13.8 Å². The summed E-state index contributed by atoms with van der Waals surface area (Å²) in [5.74, 6) is 0.701. The number of sulfonamides is 1. The second-order valence-electron chi connectivity index (χ2n) is 5.54. The van der Waals surface area contributed by atoms with Gasteiger partial charge in [-0.2, -0.15) is 0 Å². The summed E-state index contributed by atoms with van der Waals surface area (Å²) in [6, 6.07) is 6.56. The number of primary sulfonamides is 1. The number of nitrogens with one attached hydrogen (secondary N) is 2. The molecule has 2 rings (SSSR count). The molecule has 0 saturated carbocycles. The van der Waals surface area contributed by atoms with E-state index in [4.69, 9.17) is 5.14 Å². The van der Waals surface area contributed by atoms with Gasteiger partial charge >= 0.3 is 0 Å². The first kappa shape index (κ1) is 19.4. The van der Waals surface area contributed by atoms with Crippen LogP contribution in [0.2, 0.25) is 0 Å². The van der Waals surface area contributed by atoms with Gasteiger partial charge in [0.25, 0.3) is 0 Å². The Kier molecular flexibility index (Phi) is 6.51. The second-order valence-corrected chi connectivity index (χ2v) is 8.39. The third-order valence-electron chi connectivity index (χ3n) is 3.66. The lowest BCUT2D eigenvalue weighted by atomic mass is 10.1. The first-order valence-electron chi connectivity index (χ1n) is 7.79. The van der Waals surface area contributed by atoms with Crippen LogP contribution in [0.15, 0.2) is 34.2 Å². The first-order valence-corrected chi connectivity index (χ1v) is 10.1. The minimum Gasteiger partial charge on any atom is -0.356 e. The van der Waals surface area contributed by atoms with E-state index < -0.39 is 10.0 Å². The Bertz CT molecular complexity index is 822. The van der Waals surface area contributed by atoms with Crippen molar-refractivity contribution in [1.29, 1.82) is 0 Å². The number of aliphatic imine (C=N–C) groups is 1. The summed E-state index contributed by atoms with van der Waals surface area (Å²) in [4.78, 5) is 10.0. The number of rotatable bonds is 6. The van der Waals surface area contributed by atoms with Crippen molar-refractivity contribution < 1.29 is 8.42 Å². The van der Waals surface area contributed by atoms with Crippen LogP contribution in [-0.2, 0) is 23.0 Å². The third-order valence-corrected chi connectivity index (χ3v) is 5.66. The summed E-state index contributed by atoms with van der Waals surface area (Å²) >= 11 is 1.68. The quantitative estimate of drug-likeness (QED) is 0.516. The van der Waals surface area contributed by atoms with Crippen molar-refractivity contribution in [2.45, 2.75) is 31.7 Å². The Morgan fingerprint density at radius 2 is 1.92 bits per heavy atom. The minimum absolute atomic E-state index is 0.121. The smallest absolute Gasteiger partial charge is 0.238 e. The van der Waals surface area contributed by atoms with Crippen LogP contribution in [0.4, 0.5) is 0 Å². The van der Waals surface area contributed by atoms with E-state index in [0.29, 0.717) is 19.0 Å². The molecule has 0 spiro atoms. The van der Waals surface area contributed by atoms with Gasteiger partial charge in [-0.05, 0) is 38.0 Å². The molecule has 136 valence electrons. The highest BCUT2D eigenvalue weighted by atomic mass is 32.2. The van der Waals surface area contributed by atoms with E-state index in [0.717, 1.165) is 22.7 Å². The maximum atomic E-state index is 11.2. The van der Waals surface area contributed by atoms with Gasteiger partial charge in [0.15, 0.2) is 5.96 Å². The van der Waals surface area contributed by atoms with E-state index in [1.54, 1.807) is 30.5 Å². The topological polar surface area (TPSA) is 109 Å². The predicted octanol–water partition coefficient (Wildman–Crippen LogP) is 1.32. The molecule has 0 aliphatic heterocycles. The lowest BCUT2D eigenvalue weighted by molar-refractivity contribution is 0.598. The summed E-state index contributed by atoms with van der Waals surface area (Å²) in [6.07, 6.45) is 0.737. The highest BCUT2D eigenvalue weighted by Crippen LogP contribution is 2.15. The van der Waals surface area contributed by atoms with E-state index in [2.05, 4.69) is 27.5 Å². The Hall–Kier alpha value is -1.97. The zero-order valence-corrected chi connectivity index (χ0v) is 16.2. The molecule has 4 N–H and O–H groups in total. The monoisotopic (exact) mass is 381 g/mol. The van der Waals surface area contributed by atoms with Crippen LogP contribution in [-0.4, -0.2) is 33.0 Å². The molecule has 0 unspecified atom stereocenters. The van der Waals surface area contributed by atoms with Gasteiger partial charge in [-0.25, -0.2) is 18.5 Å². The molecular weight excluding hydrogens is 358 g/mol. The molecule has 0 fully saturated rings. The highest BCUT2D eigenvalue weighted by Gasteiger charge is 2.07. The number of aromatic nitrogens is 1. The minimum atomic E-state index is -3.64. The van der Waals surface area contributed by atoms with Crippen LogP contribution in [0.25, 0.3) is 0 Å². The average Bonchev–Trinajstić information content (AvgIpc) is 2.88. The number of aryl methyl sites for hydroxylation is 2. The fourth-order valence-corrected chi connectivity index (χ4v) is 3.55. The number of hydrogen-bond donors (Lipinski definition) is 3. The number of guanidine groups is 1. The fraction of sp³-hybridized carbons (Fsp3) is 0.375. The Morgan fingerprint density at radius 1 is 1.24 bits per heavy atom. The number of thiazole rings is 1.